The van der Waals surface area contributed by atoms with Crippen molar-refractivity contribution in [2.75, 3.05) is 13.2 Å². The molecule has 0 aliphatic heterocycles. The van der Waals surface area contributed by atoms with Crippen LogP contribution in [0.5, 0.6) is 11.5 Å². The number of benzene rings is 3. The van der Waals surface area contributed by atoms with E-state index in [4.69, 9.17) is 9.47 Å². The summed E-state index contributed by atoms with van der Waals surface area (Å²) in [7, 11) is 0. The van der Waals surface area contributed by atoms with Gasteiger partial charge in [-0.1, -0.05) is 42.5 Å². The van der Waals surface area contributed by atoms with E-state index in [1.165, 1.54) is 12.1 Å². The van der Waals surface area contributed by atoms with Crippen LogP contribution in [0.1, 0.15) is 23.6 Å². The lowest BCUT2D eigenvalue weighted by Gasteiger charge is -2.16. The Morgan fingerprint density at radius 1 is 0.897 bits per heavy atom. The highest BCUT2D eigenvalue weighted by atomic mass is 79.9. The highest BCUT2D eigenvalue weighted by Crippen LogP contribution is 2.37. The van der Waals surface area contributed by atoms with Gasteiger partial charge in [0.25, 0.3) is 0 Å². The summed E-state index contributed by atoms with van der Waals surface area (Å²) in [6.07, 6.45) is 0.845. The van der Waals surface area contributed by atoms with Crippen molar-refractivity contribution >= 4 is 15.9 Å². The second-order valence-corrected chi connectivity index (χ2v) is 7.52. The highest BCUT2D eigenvalue weighted by molar-refractivity contribution is 9.10. The fourth-order valence-electron chi connectivity index (χ4n) is 2.97. The van der Waals surface area contributed by atoms with Gasteiger partial charge in [0.1, 0.15) is 12.4 Å². The van der Waals surface area contributed by atoms with Crippen molar-refractivity contribution in [2.45, 2.75) is 26.5 Å². The zero-order valence-corrected chi connectivity index (χ0v) is 18.0. The van der Waals surface area contributed by atoms with E-state index in [-0.39, 0.29) is 5.82 Å². The van der Waals surface area contributed by atoms with Gasteiger partial charge in [-0.05, 0) is 76.8 Å². The first-order valence-corrected chi connectivity index (χ1v) is 10.5. The first kappa shape index (κ1) is 21.3. The standard InChI is InChI=1S/C24H25BrFNO2/c1-2-28-23-15-20(16-27-13-12-18-8-10-21(26)11-9-18)14-22(25)24(23)29-17-19-6-4-3-5-7-19/h3-11,14-15,27H,2,12-13,16-17H2,1H3. The van der Waals surface area contributed by atoms with E-state index in [9.17, 15) is 4.39 Å². The lowest BCUT2D eigenvalue weighted by Crippen LogP contribution is -2.17. The molecule has 0 amide bonds. The molecule has 1 N–H and O–H groups in total. The Bertz CT molecular complexity index is 901. The zero-order chi connectivity index (χ0) is 20.5. The molecule has 0 bridgehead atoms. The molecule has 0 saturated heterocycles. The molecule has 0 fully saturated rings. The summed E-state index contributed by atoms with van der Waals surface area (Å²) in [4.78, 5) is 0. The maximum absolute atomic E-state index is 13.0. The monoisotopic (exact) mass is 457 g/mol. The molecule has 0 atom stereocenters. The third-order valence-electron chi connectivity index (χ3n) is 4.43. The number of ether oxygens (including phenoxy) is 2. The average molecular weight is 458 g/mol. The van der Waals surface area contributed by atoms with Gasteiger partial charge >= 0.3 is 0 Å². The quantitative estimate of drug-likeness (QED) is 0.384. The molecule has 29 heavy (non-hydrogen) atoms. The minimum absolute atomic E-state index is 0.204. The van der Waals surface area contributed by atoms with E-state index >= 15 is 0 Å². The van der Waals surface area contributed by atoms with E-state index < -0.39 is 0 Å². The summed E-state index contributed by atoms with van der Waals surface area (Å²) in [5.41, 5.74) is 3.32. The number of hydrogen-bond acceptors (Lipinski definition) is 3. The minimum Gasteiger partial charge on any atom is -0.490 e. The van der Waals surface area contributed by atoms with Crippen molar-refractivity contribution < 1.29 is 13.9 Å². The lowest BCUT2D eigenvalue weighted by molar-refractivity contribution is 0.267. The Hall–Kier alpha value is -2.37. The van der Waals surface area contributed by atoms with Crippen LogP contribution in [0, 0.1) is 5.82 Å². The van der Waals surface area contributed by atoms with Crippen LogP contribution in [0.3, 0.4) is 0 Å². The van der Waals surface area contributed by atoms with Gasteiger partial charge in [0.05, 0.1) is 11.1 Å². The summed E-state index contributed by atoms with van der Waals surface area (Å²) in [5.74, 6) is 1.24. The predicted octanol–water partition coefficient (Wildman–Crippen LogP) is 5.90. The largest absolute Gasteiger partial charge is 0.490 e. The molecule has 0 aliphatic rings. The number of nitrogens with one attached hydrogen (secondary N) is 1. The molecule has 0 spiro atoms. The molecule has 0 aliphatic carbocycles. The Morgan fingerprint density at radius 2 is 1.66 bits per heavy atom. The van der Waals surface area contributed by atoms with Crippen molar-refractivity contribution in [3.05, 3.63) is 93.7 Å². The number of hydrogen-bond donors (Lipinski definition) is 1. The first-order chi connectivity index (χ1) is 14.2. The van der Waals surface area contributed by atoms with Gasteiger partial charge in [0, 0.05) is 6.54 Å². The Kier molecular flexibility index (Phi) is 8.08. The van der Waals surface area contributed by atoms with E-state index in [1.807, 2.05) is 61.5 Å². The van der Waals surface area contributed by atoms with Crippen LogP contribution in [0.2, 0.25) is 0 Å². The van der Waals surface area contributed by atoms with Gasteiger partial charge in [-0.25, -0.2) is 4.39 Å². The zero-order valence-electron chi connectivity index (χ0n) is 16.5. The van der Waals surface area contributed by atoms with Crippen LogP contribution >= 0.6 is 15.9 Å². The summed E-state index contributed by atoms with van der Waals surface area (Å²) < 4.78 is 25.7. The van der Waals surface area contributed by atoms with E-state index in [1.54, 1.807) is 0 Å². The number of halogens is 2. The molecule has 3 aromatic carbocycles. The van der Waals surface area contributed by atoms with Gasteiger partial charge in [0.2, 0.25) is 0 Å². The minimum atomic E-state index is -0.204. The van der Waals surface area contributed by atoms with Crippen LogP contribution in [0.4, 0.5) is 4.39 Å². The van der Waals surface area contributed by atoms with Crippen LogP contribution in [-0.2, 0) is 19.6 Å². The van der Waals surface area contributed by atoms with Crippen LogP contribution in [0.25, 0.3) is 0 Å². The molecule has 0 heterocycles. The molecule has 0 saturated carbocycles. The van der Waals surface area contributed by atoms with Crippen LogP contribution in [-0.4, -0.2) is 13.2 Å². The third kappa shape index (κ3) is 6.58. The molecule has 3 nitrogen and oxygen atoms in total. The van der Waals surface area contributed by atoms with Crippen molar-refractivity contribution in [1.29, 1.82) is 0 Å². The van der Waals surface area contributed by atoms with Gasteiger partial charge < -0.3 is 14.8 Å². The normalized spacial score (nSPS) is 10.7. The van der Waals surface area contributed by atoms with Crippen LogP contribution < -0.4 is 14.8 Å². The lowest BCUT2D eigenvalue weighted by atomic mass is 10.1. The SMILES string of the molecule is CCOc1cc(CNCCc2ccc(F)cc2)cc(Br)c1OCc1ccccc1. The second-order valence-electron chi connectivity index (χ2n) is 6.67. The highest BCUT2D eigenvalue weighted by Gasteiger charge is 2.12. The maximum atomic E-state index is 13.0. The fourth-order valence-corrected chi connectivity index (χ4v) is 3.58. The maximum Gasteiger partial charge on any atom is 0.175 e. The average Bonchev–Trinajstić information content (AvgIpc) is 2.73. The first-order valence-electron chi connectivity index (χ1n) is 9.73. The molecule has 3 rings (SSSR count). The Balaban J connectivity index is 1.59. The second kappa shape index (κ2) is 11.0. The topological polar surface area (TPSA) is 30.5 Å². The Morgan fingerprint density at radius 3 is 2.38 bits per heavy atom. The summed E-state index contributed by atoms with van der Waals surface area (Å²) >= 11 is 3.63. The summed E-state index contributed by atoms with van der Waals surface area (Å²) in [6, 6.07) is 20.7. The van der Waals surface area contributed by atoms with Crippen molar-refractivity contribution in [3.63, 3.8) is 0 Å². The van der Waals surface area contributed by atoms with Crippen molar-refractivity contribution in [1.82, 2.24) is 5.32 Å². The third-order valence-corrected chi connectivity index (χ3v) is 5.02. The molecule has 0 aromatic heterocycles. The Labute approximate surface area is 180 Å². The number of rotatable bonds is 10. The van der Waals surface area contributed by atoms with Crippen molar-refractivity contribution in [2.24, 2.45) is 0 Å². The van der Waals surface area contributed by atoms with Gasteiger partial charge in [0.15, 0.2) is 11.5 Å². The summed E-state index contributed by atoms with van der Waals surface area (Å²) in [5, 5.41) is 3.43. The van der Waals surface area contributed by atoms with E-state index in [0.717, 1.165) is 39.9 Å². The fraction of sp³-hybridized carbons (Fsp3) is 0.250. The predicted molar refractivity (Wildman–Crippen MR) is 118 cm³/mol. The molecule has 5 heteroatoms. The molecule has 0 radical (unpaired) electrons. The molecule has 152 valence electrons. The molecular weight excluding hydrogens is 433 g/mol. The van der Waals surface area contributed by atoms with Crippen LogP contribution in [0.15, 0.2) is 71.2 Å². The van der Waals surface area contributed by atoms with Gasteiger partial charge in [-0.15, -0.1) is 0 Å². The molecular formula is C24H25BrFNO2. The smallest absolute Gasteiger partial charge is 0.175 e. The van der Waals surface area contributed by atoms with Gasteiger partial charge in [-0.2, -0.15) is 0 Å². The summed E-state index contributed by atoms with van der Waals surface area (Å²) in [6.45, 7) is 4.52. The molecule has 3 aromatic rings. The van der Waals surface area contributed by atoms with E-state index in [2.05, 4.69) is 21.2 Å². The van der Waals surface area contributed by atoms with Crippen molar-refractivity contribution in [3.8, 4) is 11.5 Å². The van der Waals surface area contributed by atoms with Gasteiger partial charge in [-0.3, -0.25) is 0 Å². The molecule has 0 unspecified atom stereocenters. The van der Waals surface area contributed by atoms with E-state index in [0.29, 0.717) is 25.5 Å².